The van der Waals surface area contributed by atoms with Crippen molar-refractivity contribution >= 4 is 42.4 Å². The molecule has 28 heavy (non-hydrogen) atoms. The molecular weight excluding hydrogens is 396 g/mol. The third kappa shape index (κ3) is 6.12. The first kappa shape index (κ1) is 22.5. The van der Waals surface area contributed by atoms with E-state index in [1.807, 2.05) is 47.0 Å². The summed E-state index contributed by atoms with van der Waals surface area (Å²) in [4.78, 5) is 43.8. The summed E-state index contributed by atoms with van der Waals surface area (Å²) in [5.74, 6) is 0.829. The van der Waals surface area contributed by atoms with E-state index in [4.69, 9.17) is 9.59 Å². The number of carbonyl (C=O) groups excluding carboxylic acids is 4. The molecule has 8 heteroatoms. The van der Waals surface area contributed by atoms with Gasteiger partial charge in [0, 0.05) is 6.04 Å². The maximum absolute atomic E-state index is 13.0. The van der Waals surface area contributed by atoms with Crippen molar-refractivity contribution in [3.05, 3.63) is 35.9 Å². The molecule has 0 bridgehead atoms. The quantitative estimate of drug-likeness (QED) is 0.728. The van der Waals surface area contributed by atoms with E-state index in [0.29, 0.717) is 12.8 Å². The van der Waals surface area contributed by atoms with Crippen LogP contribution in [0.25, 0.3) is 0 Å². The van der Waals surface area contributed by atoms with E-state index in [-0.39, 0.29) is 29.4 Å². The minimum absolute atomic E-state index is 0.0794. The van der Waals surface area contributed by atoms with Crippen molar-refractivity contribution in [2.24, 2.45) is 0 Å². The zero-order valence-corrected chi connectivity index (χ0v) is 17.6. The van der Waals surface area contributed by atoms with Crippen LogP contribution in [0.15, 0.2) is 30.3 Å². The lowest BCUT2D eigenvalue weighted by Crippen LogP contribution is -2.55. The standard InChI is InChI=1S/C19H26N2O2S2.CO2/c1-13-6-5-9-17-21(13)19(23)15(10-11-25-17)20-18(22)16(24)12-14-7-3-2-4-8-14;2-1-3/h2-4,7-8,13,15-17,24H,5-6,9-12H2,1H3,(H,20,22);/t13?,15-,16-,17-;/m0./s1. The zero-order chi connectivity index (χ0) is 20.5. The molecule has 1 aromatic carbocycles. The maximum atomic E-state index is 13.0. The number of thioether (sulfide) groups is 1. The Bertz CT molecular complexity index is 695. The highest BCUT2D eigenvalue weighted by molar-refractivity contribution is 7.99. The number of amides is 2. The second-order valence-electron chi connectivity index (χ2n) is 6.99. The van der Waals surface area contributed by atoms with E-state index >= 15 is 0 Å². The molecule has 2 fully saturated rings. The molecule has 4 atom stereocenters. The number of hydrogen-bond acceptors (Lipinski definition) is 6. The number of piperidine rings is 1. The molecule has 3 rings (SSSR count). The molecule has 1 N–H and O–H groups in total. The van der Waals surface area contributed by atoms with Gasteiger partial charge in [-0.05, 0) is 50.3 Å². The SMILES string of the molecule is CC1CCC[C@@H]2SCC[C@H](NC(=O)[C@@H](S)Cc3ccccc3)C(=O)N12.O=C=O. The molecule has 0 spiro atoms. The van der Waals surface area contributed by atoms with E-state index in [1.54, 1.807) is 0 Å². The molecule has 6 nitrogen and oxygen atoms in total. The van der Waals surface area contributed by atoms with E-state index in [9.17, 15) is 9.59 Å². The molecule has 0 aromatic heterocycles. The van der Waals surface area contributed by atoms with Crippen LogP contribution in [0.3, 0.4) is 0 Å². The van der Waals surface area contributed by atoms with E-state index in [0.717, 1.165) is 24.2 Å². The summed E-state index contributed by atoms with van der Waals surface area (Å²) in [6, 6.07) is 9.68. The lowest BCUT2D eigenvalue weighted by atomic mass is 10.0. The molecule has 0 radical (unpaired) electrons. The molecule has 2 saturated heterocycles. The minimum Gasteiger partial charge on any atom is -0.343 e. The highest BCUT2D eigenvalue weighted by atomic mass is 32.2. The Kier molecular flexibility index (Phi) is 9.09. The zero-order valence-electron chi connectivity index (χ0n) is 15.9. The Morgan fingerprint density at radius 2 is 1.96 bits per heavy atom. The lowest BCUT2D eigenvalue weighted by molar-refractivity contribution is -0.191. The molecule has 2 aliphatic rings. The molecule has 2 heterocycles. The molecular formula is C20H26N2O4S2. The predicted molar refractivity (Wildman–Crippen MR) is 111 cm³/mol. The molecule has 0 saturated carbocycles. The molecule has 1 aromatic rings. The topological polar surface area (TPSA) is 83.6 Å². The fourth-order valence-corrected chi connectivity index (χ4v) is 5.36. The summed E-state index contributed by atoms with van der Waals surface area (Å²) < 4.78 is 0. The summed E-state index contributed by atoms with van der Waals surface area (Å²) in [7, 11) is 0. The van der Waals surface area contributed by atoms with Crippen molar-refractivity contribution in [3.8, 4) is 0 Å². The first-order valence-corrected chi connectivity index (χ1v) is 11.0. The normalized spacial score (nSPS) is 25.3. The van der Waals surface area contributed by atoms with E-state index < -0.39 is 11.3 Å². The van der Waals surface area contributed by atoms with Crippen LogP contribution >= 0.6 is 24.4 Å². The van der Waals surface area contributed by atoms with Gasteiger partial charge in [-0.3, -0.25) is 9.59 Å². The summed E-state index contributed by atoms with van der Waals surface area (Å²) in [5.41, 5.74) is 1.07. The van der Waals surface area contributed by atoms with Crippen LogP contribution in [0.2, 0.25) is 0 Å². The van der Waals surface area contributed by atoms with Crippen LogP contribution in [-0.2, 0) is 25.6 Å². The van der Waals surface area contributed by atoms with Crippen molar-refractivity contribution in [1.82, 2.24) is 10.2 Å². The Hall–Kier alpha value is -1.76. The fourth-order valence-electron chi connectivity index (χ4n) is 3.63. The van der Waals surface area contributed by atoms with Gasteiger partial charge in [0.15, 0.2) is 0 Å². The number of fused-ring (bicyclic) bond motifs is 1. The van der Waals surface area contributed by atoms with Crippen molar-refractivity contribution in [1.29, 1.82) is 0 Å². The van der Waals surface area contributed by atoms with Crippen LogP contribution in [0.5, 0.6) is 0 Å². The summed E-state index contributed by atoms with van der Waals surface area (Å²) in [6.45, 7) is 2.12. The number of hydrogen-bond donors (Lipinski definition) is 2. The third-order valence-electron chi connectivity index (χ3n) is 5.02. The van der Waals surface area contributed by atoms with Gasteiger partial charge in [-0.2, -0.15) is 22.2 Å². The third-order valence-corrected chi connectivity index (χ3v) is 6.75. The average Bonchev–Trinajstić information content (AvgIpc) is 2.83. The maximum Gasteiger partial charge on any atom is 0.373 e. The Balaban J connectivity index is 0.000000878. The number of nitrogens with one attached hydrogen (secondary N) is 1. The van der Waals surface area contributed by atoms with Gasteiger partial charge in [-0.25, -0.2) is 0 Å². The van der Waals surface area contributed by atoms with Crippen LogP contribution in [0.4, 0.5) is 0 Å². The van der Waals surface area contributed by atoms with Crippen LogP contribution < -0.4 is 5.32 Å². The van der Waals surface area contributed by atoms with E-state index in [2.05, 4.69) is 24.9 Å². The molecule has 2 aliphatic heterocycles. The first-order valence-electron chi connectivity index (χ1n) is 9.43. The van der Waals surface area contributed by atoms with Gasteiger partial charge in [0.2, 0.25) is 11.8 Å². The highest BCUT2D eigenvalue weighted by Gasteiger charge is 2.38. The Morgan fingerprint density at radius 1 is 1.29 bits per heavy atom. The average molecular weight is 423 g/mol. The van der Waals surface area contributed by atoms with Gasteiger partial charge in [0.05, 0.1) is 10.6 Å². The molecule has 1 unspecified atom stereocenters. The second kappa shape index (κ2) is 11.3. The minimum atomic E-state index is -0.444. The number of benzene rings is 1. The fraction of sp³-hybridized carbons (Fsp3) is 0.550. The molecule has 152 valence electrons. The predicted octanol–water partition coefficient (Wildman–Crippen LogP) is 2.29. The number of carbonyl (C=O) groups is 2. The van der Waals surface area contributed by atoms with E-state index in [1.165, 1.54) is 6.42 Å². The van der Waals surface area contributed by atoms with Crippen LogP contribution in [0, 0.1) is 0 Å². The smallest absolute Gasteiger partial charge is 0.343 e. The van der Waals surface area contributed by atoms with Gasteiger partial charge in [-0.1, -0.05) is 30.3 Å². The van der Waals surface area contributed by atoms with Crippen molar-refractivity contribution in [2.45, 2.75) is 61.7 Å². The van der Waals surface area contributed by atoms with Gasteiger partial charge in [0.25, 0.3) is 0 Å². The number of rotatable bonds is 4. The van der Waals surface area contributed by atoms with Gasteiger partial charge in [-0.15, -0.1) is 11.8 Å². The largest absolute Gasteiger partial charge is 0.373 e. The molecule has 0 aliphatic carbocycles. The summed E-state index contributed by atoms with van der Waals surface area (Å²) in [5, 5.41) is 2.79. The number of thiol groups is 1. The Labute approximate surface area is 175 Å². The van der Waals surface area contributed by atoms with Gasteiger partial charge in [0.1, 0.15) is 6.04 Å². The highest BCUT2D eigenvalue weighted by Crippen LogP contribution is 2.34. The van der Waals surface area contributed by atoms with Crippen molar-refractivity contribution in [2.75, 3.05) is 5.75 Å². The van der Waals surface area contributed by atoms with Crippen LogP contribution in [-0.4, -0.2) is 51.3 Å². The van der Waals surface area contributed by atoms with Gasteiger partial charge < -0.3 is 10.2 Å². The second-order valence-corrected chi connectivity index (χ2v) is 8.90. The Morgan fingerprint density at radius 3 is 2.64 bits per heavy atom. The summed E-state index contributed by atoms with van der Waals surface area (Å²) in [6.07, 6.45) is 4.79. The van der Waals surface area contributed by atoms with Crippen molar-refractivity contribution < 1.29 is 19.2 Å². The molecule has 2 amide bonds. The monoisotopic (exact) mass is 422 g/mol. The van der Waals surface area contributed by atoms with Crippen LogP contribution in [0.1, 0.15) is 38.2 Å². The lowest BCUT2D eigenvalue weighted by Gasteiger charge is -2.40. The van der Waals surface area contributed by atoms with Crippen molar-refractivity contribution in [3.63, 3.8) is 0 Å². The first-order chi connectivity index (χ1) is 13.5. The van der Waals surface area contributed by atoms with Gasteiger partial charge >= 0.3 is 6.15 Å². The summed E-state index contributed by atoms with van der Waals surface area (Å²) >= 11 is 6.31. The number of nitrogens with zero attached hydrogens (tertiary/aromatic N) is 1.